The number of halogens is 1. The molecule has 0 N–H and O–H groups in total. The molecule has 0 spiro atoms. The minimum Gasteiger partial charge on any atom is -0.465 e. The molecule has 1 heterocycles. The number of methoxy groups -OCH3 is 1. The van der Waals surface area contributed by atoms with E-state index >= 15 is 0 Å². The Labute approximate surface area is 117 Å². The lowest BCUT2D eigenvalue weighted by Gasteiger charge is -2.22. The molecule has 0 bridgehead atoms. The minimum absolute atomic E-state index is 0.0631. The second-order valence-corrected chi connectivity index (χ2v) is 4.81. The molecular formula is C15H19FO4. The Morgan fingerprint density at radius 1 is 1.45 bits per heavy atom. The van der Waals surface area contributed by atoms with Crippen molar-refractivity contribution < 1.29 is 23.4 Å². The van der Waals surface area contributed by atoms with Crippen LogP contribution in [0.15, 0.2) is 18.2 Å². The molecule has 1 saturated heterocycles. The maximum absolute atomic E-state index is 13.7. The van der Waals surface area contributed by atoms with Gasteiger partial charge in [-0.15, -0.1) is 0 Å². The minimum atomic E-state index is -0.675. The van der Waals surface area contributed by atoms with Gasteiger partial charge in [0.25, 0.3) is 0 Å². The number of rotatable bonds is 5. The number of ether oxygens (including phenoxy) is 3. The molecule has 2 rings (SSSR count). The zero-order chi connectivity index (χ0) is 14.4. The van der Waals surface area contributed by atoms with Gasteiger partial charge in [0.15, 0.2) is 0 Å². The lowest BCUT2D eigenvalue weighted by atomic mass is 10.1. The molecule has 1 atom stereocenters. The molecule has 20 heavy (non-hydrogen) atoms. The van der Waals surface area contributed by atoms with Crippen molar-refractivity contribution in [2.75, 3.05) is 20.3 Å². The highest BCUT2D eigenvalue weighted by atomic mass is 19.1. The summed E-state index contributed by atoms with van der Waals surface area (Å²) in [4.78, 5) is 11.3. The fourth-order valence-electron chi connectivity index (χ4n) is 2.17. The number of esters is 1. The van der Waals surface area contributed by atoms with Gasteiger partial charge in [0, 0.05) is 6.61 Å². The third-order valence-electron chi connectivity index (χ3n) is 3.29. The summed E-state index contributed by atoms with van der Waals surface area (Å²) < 4.78 is 29.3. The number of carbonyl (C=O) groups is 1. The van der Waals surface area contributed by atoms with Crippen LogP contribution in [0.25, 0.3) is 0 Å². The van der Waals surface area contributed by atoms with Crippen molar-refractivity contribution in [2.24, 2.45) is 0 Å². The smallest absolute Gasteiger partial charge is 0.340 e. The van der Waals surface area contributed by atoms with Crippen LogP contribution in [0.4, 0.5) is 4.39 Å². The van der Waals surface area contributed by atoms with Crippen LogP contribution in [0.2, 0.25) is 0 Å². The van der Waals surface area contributed by atoms with Crippen LogP contribution in [-0.2, 0) is 20.8 Å². The Morgan fingerprint density at radius 2 is 2.30 bits per heavy atom. The molecule has 5 heteroatoms. The van der Waals surface area contributed by atoms with E-state index in [1.54, 1.807) is 6.07 Å². The van der Waals surface area contributed by atoms with Gasteiger partial charge in [-0.1, -0.05) is 6.07 Å². The van der Waals surface area contributed by atoms with Crippen LogP contribution in [0.5, 0.6) is 0 Å². The summed E-state index contributed by atoms with van der Waals surface area (Å²) in [5.74, 6) is -1.27. The predicted octanol–water partition coefficient (Wildman–Crippen LogP) is 2.70. The molecule has 1 aliphatic rings. The van der Waals surface area contributed by atoms with Crippen LogP contribution in [0, 0.1) is 5.82 Å². The molecule has 1 aromatic carbocycles. The standard InChI is InChI=1S/C15H19FO4/c1-18-15(17)13-6-5-11(8-14(13)16)9-19-10-12-4-2-3-7-20-12/h5-6,8,12H,2-4,7,9-10H2,1H3. The molecular weight excluding hydrogens is 263 g/mol. The number of carbonyl (C=O) groups excluding carboxylic acids is 1. The highest BCUT2D eigenvalue weighted by Gasteiger charge is 2.15. The Bertz CT molecular complexity index is 455. The average Bonchev–Trinajstić information content (AvgIpc) is 2.48. The number of hydrogen-bond acceptors (Lipinski definition) is 4. The van der Waals surface area contributed by atoms with Gasteiger partial charge in [-0.2, -0.15) is 0 Å². The molecule has 1 fully saturated rings. The Morgan fingerprint density at radius 3 is 2.95 bits per heavy atom. The van der Waals surface area contributed by atoms with Gasteiger partial charge in [-0.25, -0.2) is 9.18 Å². The normalized spacial score (nSPS) is 18.8. The molecule has 0 amide bonds. The van der Waals surface area contributed by atoms with Crippen molar-refractivity contribution in [1.82, 2.24) is 0 Å². The summed E-state index contributed by atoms with van der Waals surface area (Å²) in [6.07, 6.45) is 3.42. The first-order valence-electron chi connectivity index (χ1n) is 6.77. The first kappa shape index (κ1) is 14.9. The molecule has 0 radical (unpaired) electrons. The van der Waals surface area contributed by atoms with E-state index in [0.717, 1.165) is 25.9 Å². The highest BCUT2D eigenvalue weighted by Crippen LogP contribution is 2.15. The van der Waals surface area contributed by atoms with E-state index in [0.29, 0.717) is 18.8 Å². The summed E-state index contributed by atoms with van der Waals surface area (Å²) in [5, 5.41) is 0. The maximum Gasteiger partial charge on any atom is 0.340 e. The summed E-state index contributed by atoms with van der Waals surface area (Å²) in [5.41, 5.74) is 0.623. The SMILES string of the molecule is COC(=O)c1ccc(COCC2CCCCO2)cc1F. The van der Waals surface area contributed by atoms with Gasteiger partial charge >= 0.3 is 5.97 Å². The van der Waals surface area contributed by atoms with Crippen LogP contribution in [-0.4, -0.2) is 32.4 Å². The largest absolute Gasteiger partial charge is 0.465 e. The van der Waals surface area contributed by atoms with Gasteiger partial charge in [-0.3, -0.25) is 0 Å². The van der Waals surface area contributed by atoms with Crippen molar-refractivity contribution in [3.63, 3.8) is 0 Å². The first-order chi connectivity index (χ1) is 9.70. The quantitative estimate of drug-likeness (QED) is 0.779. The fraction of sp³-hybridized carbons (Fsp3) is 0.533. The third-order valence-corrected chi connectivity index (χ3v) is 3.29. The van der Waals surface area contributed by atoms with E-state index in [4.69, 9.17) is 9.47 Å². The first-order valence-corrected chi connectivity index (χ1v) is 6.77. The third kappa shape index (κ3) is 4.02. The van der Waals surface area contributed by atoms with Gasteiger partial charge in [0.1, 0.15) is 5.82 Å². The van der Waals surface area contributed by atoms with E-state index in [-0.39, 0.29) is 11.7 Å². The van der Waals surface area contributed by atoms with Crippen molar-refractivity contribution in [3.05, 3.63) is 35.1 Å². The zero-order valence-electron chi connectivity index (χ0n) is 11.6. The summed E-state index contributed by atoms with van der Waals surface area (Å²) in [7, 11) is 1.23. The summed E-state index contributed by atoms with van der Waals surface area (Å²) >= 11 is 0. The summed E-state index contributed by atoms with van der Waals surface area (Å²) in [6.45, 7) is 1.61. The molecule has 1 aliphatic heterocycles. The van der Waals surface area contributed by atoms with Gasteiger partial charge in [-0.05, 0) is 37.0 Å². The Hall–Kier alpha value is -1.46. The Balaban J connectivity index is 1.84. The molecule has 0 aromatic heterocycles. The second kappa shape index (κ2) is 7.36. The molecule has 1 unspecified atom stereocenters. The topological polar surface area (TPSA) is 44.8 Å². The zero-order valence-corrected chi connectivity index (χ0v) is 11.6. The fourth-order valence-corrected chi connectivity index (χ4v) is 2.17. The van der Waals surface area contributed by atoms with Gasteiger partial charge < -0.3 is 14.2 Å². The van der Waals surface area contributed by atoms with Gasteiger partial charge in [0.2, 0.25) is 0 Å². The van der Waals surface area contributed by atoms with E-state index in [1.165, 1.54) is 19.2 Å². The Kier molecular flexibility index (Phi) is 5.49. The van der Waals surface area contributed by atoms with E-state index in [1.807, 2.05) is 0 Å². The second-order valence-electron chi connectivity index (χ2n) is 4.81. The summed E-state index contributed by atoms with van der Waals surface area (Å²) in [6, 6.07) is 4.38. The van der Waals surface area contributed by atoms with Crippen LogP contribution in [0.3, 0.4) is 0 Å². The number of benzene rings is 1. The number of hydrogen-bond donors (Lipinski definition) is 0. The van der Waals surface area contributed by atoms with Crippen LogP contribution < -0.4 is 0 Å². The van der Waals surface area contributed by atoms with E-state index < -0.39 is 11.8 Å². The molecule has 4 nitrogen and oxygen atoms in total. The maximum atomic E-state index is 13.7. The molecule has 1 aromatic rings. The molecule has 110 valence electrons. The van der Waals surface area contributed by atoms with Gasteiger partial charge in [0.05, 0.1) is 32.0 Å². The van der Waals surface area contributed by atoms with E-state index in [9.17, 15) is 9.18 Å². The molecule has 0 aliphatic carbocycles. The van der Waals surface area contributed by atoms with Crippen LogP contribution in [0.1, 0.15) is 35.2 Å². The van der Waals surface area contributed by atoms with Crippen molar-refractivity contribution >= 4 is 5.97 Å². The highest BCUT2D eigenvalue weighted by molar-refractivity contribution is 5.89. The van der Waals surface area contributed by atoms with Crippen molar-refractivity contribution in [2.45, 2.75) is 32.0 Å². The predicted molar refractivity (Wildman–Crippen MR) is 71.0 cm³/mol. The average molecular weight is 282 g/mol. The van der Waals surface area contributed by atoms with Crippen LogP contribution >= 0.6 is 0 Å². The van der Waals surface area contributed by atoms with E-state index in [2.05, 4.69) is 4.74 Å². The lowest BCUT2D eigenvalue weighted by Crippen LogP contribution is -2.24. The van der Waals surface area contributed by atoms with Crippen molar-refractivity contribution in [3.8, 4) is 0 Å². The molecule has 0 saturated carbocycles. The monoisotopic (exact) mass is 282 g/mol. The lowest BCUT2D eigenvalue weighted by molar-refractivity contribution is -0.0447. The van der Waals surface area contributed by atoms with Crippen molar-refractivity contribution in [1.29, 1.82) is 0 Å².